The van der Waals surface area contributed by atoms with Crippen molar-refractivity contribution in [3.8, 4) is 11.1 Å². The van der Waals surface area contributed by atoms with Crippen LogP contribution in [0.15, 0.2) is 66.9 Å². The van der Waals surface area contributed by atoms with Gasteiger partial charge in [-0.15, -0.1) is 0 Å². The number of hydrogen-bond acceptors (Lipinski definition) is 3. The van der Waals surface area contributed by atoms with Crippen molar-refractivity contribution in [1.82, 2.24) is 15.2 Å². The molecule has 27 heavy (non-hydrogen) atoms. The Morgan fingerprint density at radius 3 is 2.52 bits per heavy atom. The number of pyridine rings is 1. The summed E-state index contributed by atoms with van der Waals surface area (Å²) in [6, 6.07) is 19.0. The summed E-state index contributed by atoms with van der Waals surface area (Å²) in [6.45, 7) is 1.25. The summed E-state index contributed by atoms with van der Waals surface area (Å²) in [4.78, 5) is 17.9. The van der Waals surface area contributed by atoms with Gasteiger partial charge in [0.1, 0.15) is 0 Å². The topological polar surface area (TPSA) is 45.2 Å². The summed E-state index contributed by atoms with van der Waals surface area (Å²) < 4.78 is 13.2. The van der Waals surface area contributed by atoms with Crippen molar-refractivity contribution in [2.75, 3.05) is 14.1 Å². The summed E-state index contributed by atoms with van der Waals surface area (Å²) in [5.74, 6) is -0.992. The fourth-order valence-corrected chi connectivity index (χ4v) is 2.93. The van der Waals surface area contributed by atoms with Crippen LogP contribution < -0.4 is 5.32 Å². The molecule has 0 saturated heterocycles. The molecule has 0 aliphatic heterocycles. The Kier molecular flexibility index (Phi) is 5.94. The molecule has 138 valence electrons. The number of carbonyl (C=O) groups excluding carboxylic acids is 1. The van der Waals surface area contributed by atoms with Crippen molar-refractivity contribution >= 4 is 5.91 Å². The molecule has 1 N–H and O–H groups in total. The number of nitrogens with zero attached hydrogens (tertiary/aromatic N) is 2. The average Bonchev–Trinajstić information content (AvgIpc) is 2.66. The molecule has 3 rings (SSSR count). The average molecular weight is 363 g/mol. The Morgan fingerprint density at radius 2 is 1.81 bits per heavy atom. The Hall–Kier alpha value is -3.05. The van der Waals surface area contributed by atoms with E-state index in [1.807, 2.05) is 38.4 Å². The quantitative estimate of drug-likeness (QED) is 0.676. The van der Waals surface area contributed by atoms with E-state index in [1.54, 1.807) is 0 Å². The highest BCUT2D eigenvalue weighted by Crippen LogP contribution is 2.24. The maximum absolute atomic E-state index is 13.2. The van der Waals surface area contributed by atoms with Gasteiger partial charge in [-0.1, -0.05) is 48.5 Å². The molecular weight excluding hydrogens is 341 g/mol. The van der Waals surface area contributed by atoms with Crippen LogP contribution >= 0.6 is 0 Å². The molecule has 0 aliphatic carbocycles. The van der Waals surface area contributed by atoms with Crippen molar-refractivity contribution in [2.45, 2.75) is 13.1 Å². The number of rotatable bonds is 6. The number of nitrogens with one attached hydrogen (secondary N) is 1. The standard InChI is InChI=1S/C22H22FN3O/c1-26(2)15-16-7-9-17(10-8-16)20-6-4-3-5-19(20)14-25-22(27)18-11-12-24-21(23)13-18/h3-13H,14-15H2,1-2H3,(H,25,27). The first-order valence-electron chi connectivity index (χ1n) is 8.74. The highest BCUT2D eigenvalue weighted by molar-refractivity contribution is 5.94. The third-order valence-corrected chi connectivity index (χ3v) is 4.21. The predicted octanol–water partition coefficient (Wildman–Crippen LogP) is 3.88. The third kappa shape index (κ3) is 4.99. The largest absolute Gasteiger partial charge is 0.348 e. The molecule has 0 spiro atoms. The zero-order valence-corrected chi connectivity index (χ0v) is 15.4. The second-order valence-electron chi connectivity index (χ2n) is 6.64. The van der Waals surface area contributed by atoms with Gasteiger partial charge >= 0.3 is 0 Å². The van der Waals surface area contributed by atoms with Crippen LogP contribution in [0.3, 0.4) is 0 Å². The number of hydrogen-bond donors (Lipinski definition) is 1. The van der Waals surface area contributed by atoms with E-state index < -0.39 is 5.95 Å². The highest BCUT2D eigenvalue weighted by atomic mass is 19.1. The first-order valence-corrected chi connectivity index (χ1v) is 8.74. The van der Waals surface area contributed by atoms with E-state index in [1.165, 1.54) is 17.8 Å². The SMILES string of the molecule is CN(C)Cc1ccc(-c2ccccc2CNC(=O)c2ccnc(F)c2)cc1. The number of amides is 1. The molecule has 0 aliphatic rings. The van der Waals surface area contributed by atoms with Gasteiger partial charge in [0.2, 0.25) is 5.95 Å². The van der Waals surface area contributed by atoms with Gasteiger partial charge in [-0.25, -0.2) is 4.98 Å². The number of benzene rings is 2. The molecule has 0 bridgehead atoms. The first kappa shape index (κ1) is 18.7. The van der Waals surface area contributed by atoms with Crippen LogP contribution in [0, 0.1) is 5.95 Å². The van der Waals surface area contributed by atoms with E-state index in [-0.39, 0.29) is 11.5 Å². The fraction of sp³-hybridized carbons (Fsp3) is 0.182. The van der Waals surface area contributed by atoms with E-state index in [4.69, 9.17) is 0 Å². The molecule has 0 atom stereocenters. The summed E-state index contributed by atoms with van der Waals surface area (Å²) in [5.41, 5.74) is 4.66. The van der Waals surface area contributed by atoms with Gasteiger partial charge in [-0.2, -0.15) is 4.39 Å². The minimum absolute atomic E-state index is 0.257. The molecule has 0 saturated carbocycles. The Labute approximate surface area is 158 Å². The van der Waals surface area contributed by atoms with Crippen LogP contribution in [0.4, 0.5) is 4.39 Å². The van der Waals surface area contributed by atoms with Crippen molar-refractivity contribution in [1.29, 1.82) is 0 Å². The molecule has 3 aromatic rings. The first-order chi connectivity index (χ1) is 13.0. The summed E-state index contributed by atoms with van der Waals surface area (Å²) in [7, 11) is 4.08. The molecule has 5 heteroatoms. The minimum atomic E-state index is -0.666. The fourth-order valence-electron chi connectivity index (χ4n) is 2.93. The van der Waals surface area contributed by atoms with E-state index in [0.29, 0.717) is 6.54 Å². The zero-order chi connectivity index (χ0) is 19.2. The van der Waals surface area contributed by atoms with Crippen molar-refractivity contribution in [3.63, 3.8) is 0 Å². The Morgan fingerprint density at radius 1 is 1.07 bits per heavy atom. The predicted molar refractivity (Wildman–Crippen MR) is 105 cm³/mol. The van der Waals surface area contributed by atoms with Crippen LogP contribution in [-0.2, 0) is 13.1 Å². The second kappa shape index (κ2) is 8.56. The third-order valence-electron chi connectivity index (χ3n) is 4.21. The molecule has 2 aromatic carbocycles. The smallest absolute Gasteiger partial charge is 0.251 e. The number of aromatic nitrogens is 1. The van der Waals surface area contributed by atoms with Gasteiger partial charge in [-0.05, 0) is 42.4 Å². The van der Waals surface area contributed by atoms with Crippen molar-refractivity contribution < 1.29 is 9.18 Å². The Bertz CT molecular complexity index is 923. The van der Waals surface area contributed by atoms with E-state index >= 15 is 0 Å². The second-order valence-corrected chi connectivity index (χ2v) is 6.64. The lowest BCUT2D eigenvalue weighted by Gasteiger charge is -2.13. The van der Waals surface area contributed by atoms with Crippen LogP contribution in [0.25, 0.3) is 11.1 Å². The van der Waals surface area contributed by atoms with E-state index in [0.717, 1.165) is 29.3 Å². The molecule has 4 nitrogen and oxygen atoms in total. The minimum Gasteiger partial charge on any atom is -0.348 e. The normalized spacial score (nSPS) is 10.8. The summed E-state index contributed by atoms with van der Waals surface area (Å²) in [6.07, 6.45) is 1.29. The van der Waals surface area contributed by atoms with Gasteiger partial charge in [-0.3, -0.25) is 4.79 Å². The number of carbonyl (C=O) groups is 1. The van der Waals surface area contributed by atoms with Gasteiger partial charge in [0, 0.05) is 30.9 Å². The maximum atomic E-state index is 13.2. The lowest BCUT2D eigenvalue weighted by atomic mass is 9.98. The van der Waals surface area contributed by atoms with E-state index in [9.17, 15) is 9.18 Å². The summed E-state index contributed by atoms with van der Waals surface area (Å²) >= 11 is 0. The summed E-state index contributed by atoms with van der Waals surface area (Å²) in [5, 5.41) is 2.85. The van der Waals surface area contributed by atoms with Crippen LogP contribution in [0.5, 0.6) is 0 Å². The lowest BCUT2D eigenvalue weighted by molar-refractivity contribution is 0.0950. The van der Waals surface area contributed by atoms with Gasteiger partial charge in [0.05, 0.1) is 0 Å². The van der Waals surface area contributed by atoms with Crippen LogP contribution in [0.2, 0.25) is 0 Å². The van der Waals surface area contributed by atoms with E-state index in [2.05, 4.69) is 39.5 Å². The number of halogens is 1. The highest BCUT2D eigenvalue weighted by Gasteiger charge is 2.09. The lowest BCUT2D eigenvalue weighted by Crippen LogP contribution is -2.23. The van der Waals surface area contributed by atoms with Gasteiger partial charge in [0.25, 0.3) is 5.91 Å². The van der Waals surface area contributed by atoms with Crippen LogP contribution in [-0.4, -0.2) is 29.9 Å². The molecule has 0 fully saturated rings. The molecule has 0 radical (unpaired) electrons. The zero-order valence-electron chi connectivity index (χ0n) is 15.4. The maximum Gasteiger partial charge on any atom is 0.251 e. The molecule has 1 amide bonds. The Balaban J connectivity index is 1.75. The molecule has 0 unspecified atom stereocenters. The van der Waals surface area contributed by atoms with Crippen LogP contribution in [0.1, 0.15) is 21.5 Å². The van der Waals surface area contributed by atoms with Crippen molar-refractivity contribution in [2.24, 2.45) is 0 Å². The molecule has 1 heterocycles. The monoisotopic (exact) mass is 363 g/mol. The van der Waals surface area contributed by atoms with Crippen molar-refractivity contribution in [3.05, 3.63) is 89.5 Å². The van der Waals surface area contributed by atoms with Gasteiger partial charge < -0.3 is 10.2 Å². The molecule has 1 aromatic heterocycles. The molecular formula is C22H22FN3O. The van der Waals surface area contributed by atoms with Gasteiger partial charge in [0.15, 0.2) is 0 Å².